The molecule has 32 heavy (non-hydrogen) atoms. The molecule has 1 aromatic heterocycles. The van der Waals surface area contributed by atoms with E-state index < -0.39 is 15.8 Å². The molecule has 7 nitrogen and oxygen atoms in total. The van der Waals surface area contributed by atoms with E-state index in [1.165, 1.54) is 24.5 Å². The monoisotopic (exact) mass is 474 g/mol. The van der Waals surface area contributed by atoms with E-state index in [0.29, 0.717) is 15.9 Å². The van der Waals surface area contributed by atoms with Gasteiger partial charge in [0.1, 0.15) is 0 Å². The molecule has 2 N–H and O–H groups in total. The van der Waals surface area contributed by atoms with Crippen LogP contribution in [0.5, 0.6) is 0 Å². The Bertz CT molecular complexity index is 1250. The first kappa shape index (κ1) is 23.9. The number of fused-ring (bicyclic) bond motifs is 1. The molecule has 0 unspecified atom stereocenters. The first-order chi connectivity index (χ1) is 15.0. The Labute approximate surface area is 191 Å². The van der Waals surface area contributed by atoms with Crippen LogP contribution in [0.25, 0.3) is 21.3 Å². The van der Waals surface area contributed by atoms with Crippen molar-refractivity contribution in [2.24, 2.45) is 11.8 Å². The second-order valence-corrected chi connectivity index (χ2v) is 11.2. The fraction of sp³-hybridized carbons (Fsp3) is 0.348. The molecule has 0 bridgehead atoms. The van der Waals surface area contributed by atoms with Crippen LogP contribution < -0.4 is 5.32 Å². The number of carbonyl (C=O) groups is 2. The second kappa shape index (κ2) is 9.79. The normalized spacial score (nSPS) is 18.1. The summed E-state index contributed by atoms with van der Waals surface area (Å²) in [6, 6.07) is 12.5. The molecular weight excluding hydrogens is 448 g/mol. The molecule has 9 heteroatoms. The van der Waals surface area contributed by atoms with Gasteiger partial charge in [0.15, 0.2) is 15.0 Å². The van der Waals surface area contributed by atoms with Gasteiger partial charge in [-0.2, -0.15) is 0 Å². The molecule has 0 saturated heterocycles. The van der Waals surface area contributed by atoms with Gasteiger partial charge in [0.2, 0.25) is 5.91 Å². The van der Waals surface area contributed by atoms with Gasteiger partial charge >= 0.3 is 5.97 Å². The summed E-state index contributed by atoms with van der Waals surface area (Å²) in [6.07, 6.45) is 4.06. The molecule has 0 spiro atoms. The number of carboxylic acid groups (broad SMARTS) is 1. The Morgan fingerprint density at radius 2 is 1.84 bits per heavy atom. The number of anilines is 1. The molecule has 1 saturated carbocycles. The summed E-state index contributed by atoms with van der Waals surface area (Å²) in [6.45, 7) is 3.55. The molecule has 2 atom stereocenters. The minimum Gasteiger partial charge on any atom is -0.481 e. The second-order valence-electron chi connectivity index (χ2n) is 8.14. The van der Waals surface area contributed by atoms with Crippen molar-refractivity contribution >= 4 is 48.4 Å². The average Bonchev–Trinajstić information content (AvgIpc) is 3.32. The van der Waals surface area contributed by atoms with E-state index in [2.05, 4.69) is 17.2 Å². The first-order valence-electron chi connectivity index (χ1n) is 10.2. The maximum absolute atomic E-state index is 11.7. The molecule has 1 amide bonds. The van der Waals surface area contributed by atoms with Crippen molar-refractivity contribution in [1.82, 2.24) is 4.98 Å². The van der Waals surface area contributed by atoms with Gasteiger partial charge in [0.25, 0.3) is 0 Å². The maximum atomic E-state index is 11.7. The van der Waals surface area contributed by atoms with Crippen LogP contribution in [-0.4, -0.2) is 36.6 Å². The fourth-order valence-corrected chi connectivity index (χ4v) is 5.26. The summed E-state index contributed by atoms with van der Waals surface area (Å²) < 4.78 is 24.3. The van der Waals surface area contributed by atoms with Crippen molar-refractivity contribution in [2.45, 2.75) is 38.0 Å². The van der Waals surface area contributed by atoms with E-state index in [1.807, 2.05) is 24.3 Å². The smallest absolute Gasteiger partial charge is 0.306 e. The van der Waals surface area contributed by atoms with E-state index in [1.54, 1.807) is 18.2 Å². The van der Waals surface area contributed by atoms with Crippen molar-refractivity contribution in [3.8, 4) is 11.1 Å². The topological polar surface area (TPSA) is 113 Å². The van der Waals surface area contributed by atoms with Gasteiger partial charge in [-0.1, -0.05) is 36.5 Å². The van der Waals surface area contributed by atoms with E-state index in [-0.39, 0.29) is 11.8 Å². The Hall–Kier alpha value is -2.78. The van der Waals surface area contributed by atoms with Crippen molar-refractivity contribution < 1.29 is 23.1 Å². The fourth-order valence-electron chi connectivity index (χ4n) is 3.65. The SMILES string of the molecule is CC(=O)Nc1nc2ccc(-c3cccc(S(C)(=O)=O)c3)cc2s1.C[C@H]1CC[C@@H](C(=O)O)C1. The number of carbonyl (C=O) groups excluding carboxylic acids is 1. The van der Waals surface area contributed by atoms with E-state index in [4.69, 9.17) is 5.11 Å². The minimum absolute atomic E-state index is 0.0417. The third-order valence-corrected chi connectivity index (χ3v) is 7.35. The maximum Gasteiger partial charge on any atom is 0.306 e. The predicted octanol–water partition coefficient (Wildman–Crippen LogP) is 4.83. The predicted molar refractivity (Wildman–Crippen MR) is 127 cm³/mol. The molecule has 1 heterocycles. The lowest BCUT2D eigenvalue weighted by molar-refractivity contribution is -0.141. The molecular formula is C23H26N2O5S2. The van der Waals surface area contributed by atoms with E-state index >= 15 is 0 Å². The number of nitrogens with zero attached hydrogens (tertiary/aromatic N) is 1. The third kappa shape index (κ3) is 6.14. The summed E-state index contributed by atoms with van der Waals surface area (Å²) in [5.41, 5.74) is 2.52. The number of aliphatic carboxylic acids is 1. The Morgan fingerprint density at radius 3 is 2.41 bits per heavy atom. The molecule has 1 fully saturated rings. The summed E-state index contributed by atoms with van der Waals surface area (Å²) >= 11 is 1.38. The van der Waals surface area contributed by atoms with Crippen LogP contribution in [0.2, 0.25) is 0 Å². The molecule has 4 rings (SSSR count). The third-order valence-electron chi connectivity index (χ3n) is 5.31. The molecule has 0 aliphatic heterocycles. The summed E-state index contributed by atoms with van der Waals surface area (Å²) in [5.74, 6) is -0.185. The first-order valence-corrected chi connectivity index (χ1v) is 12.9. The van der Waals surface area contributed by atoms with Gasteiger partial charge < -0.3 is 10.4 Å². The number of thiazole rings is 1. The highest BCUT2D eigenvalue weighted by atomic mass is 32.2. The van der Waals surface area contributed by atoms with Crippen LogP contribution in [0.3, 0.4) is 0 Å². The van der Waals surface area contributed by atoms with Gasteiger partial charge in [0, 0.05) is 13.2 Å². The molecule has 0 radical (unpaired) electrons. The van der Waals surface area contributed by atoms with Crippen molar-refractivity contribution in [3.63, 3.8) is 0 Å². The average molecular weight is 475 g/mol. The standard InChI is InChI=1S/C16H14N2O3S2.C7H12O2/c1-10(19)17-16-18-14-7-6-12(9-15(14)22-16)11-4-3-5-13(8-11)23(2,20)21;1-5-2-3-6(4-5)7(8)9/h3-9H,1-2H3,(H,17,18,19);5-6H,2-4H2,1H3,(H,8,9)/t;5-,6+/m.0/s1. The number of hydrogen-bond donors (Lipinski definition) is 2. The summed E-state index contributed by atoms with van der Waals surface area (Å²) in [7, 11) is -3.24. The lowest BCUT2D eigenvalue weighted by Gasteiger charge is -2.04. The molecule has 1 aliphatic carbocycles. The van der Waals surface area contributed by atoms with Crippen molar-refractivity contribution in [3.05, 3.63) is 42.5 Å². The van der Waals surface area contributed by atoms with E-state index in [9.17, 15) is 18.0 Å². The quantitative estimate of drug-likeness (QED) is 0.560. The number of hydrogen-bond acceptors (Lipinski definition) is 6. The molecule has 170 valence electrons. The van der Waals surface area contributed by atoms with Crippen LogP contribution in [0, 0.1) is 11.8 Å². The van der Waals surface area contributed by atoms with Crippen molar-refractivity contribution in [2.75, 3.05) is 11.6 Å². The summed E-state index contributed by atoms with van der Waals surface area (Å²) in [4.78, 5) is 26.1. The largest absolute Gasteiger partial charge is 0.481 e. The Balaban J connectivity index is 0.000000269. The molecule has 1 aliphatic rings. The molecule has 2 aromatic carbocycles. The molecule has 3 aromatic rings. The summed E-state index contributed by atoms with van der Waals surface area (Å²) in [5, 5.41) is 11.8. The van der Waals surface area contributed by atoms with Gasteiger partial charge in [-0.3, -0.25) is 9.59 Å². The van der Waals surface area contributed by atoms with E-state index in [0.717, 1.165) is 40.6 Å². The van der Waals surface area contributed by atoms with Crippen LogP contribution in [0.15, 0.2) is 47.4 Å². The highest BCUT2D eigenvalue weighted by molar-refractivity contribution is 7.90. The number of carboxylic acids is 1. The number of benzene rings is 2. The highest BCUT2D eigenvalue weighted by Crippen LogP contribution is 2.31. The van der Waals surface area contributed by atoms with Gasteiger partial charge in [0.05, 0.1) is 21.0 Å². The number of nitrogens with one attached hydrogen (secondary N) is 1. The number of aromatic nitrogens is 1. The zero-order chi connectivity index (χ0) is 23.5. The Morgan fingerprint density at radius 1 is 1.12 bits per heavy atom. The number of sulfone groups is 1. The van der Waals surface area contributed by atoms with Crippen LogP contribution in [-0.2, 0) is 19.4 Å². The Kier molecular flexibility index (Phi) is 7.30. The van der Waals surface area contributed by atoms with Crippen LogP contribution in [0.4, 0.5) is 5.13 Å². The van der Waals surface area contributed by atoms with Crippen molar-refractivity contribution in [1.29, 1.82) is 0 Å². The highest BCUT2D eigenvalue weighted by Gasteiger charge is 2.26. The minimum atomic E-state index is -3.24. The van der Waals surface area contributed by atoms with Crippen LogP contribution >= 0.6 is 11.3 Å². The zero-order valence-corrected chi connectivity index (χ0v) is 19.8. The number of amides is 1. The van der Waals surface area contributed by atoms with Gasteiger partial charge in [-0.15, -0.1) is 0 Å². The zero-order valence-electron chi connectivity index (χ0n) is 18.2. The lowest BCUT2D eigenvalue weighted by atomic mass is 10.1. The van der Waals surface area contributed by atoms with Crippen LogP contribution in [0.1, 0.15) is 33.1 Å². The van der Waals surface area contributed by atoms with Gasteiger partial charge in [-0.05, 0) is 60.6 Å². The van der Waals surface area contributed by atoms with Gasteiger partial charge in [-0.25, -0.2) is 13.4 Å². The number of rotatable bonds is 4. The lowest BCUT2D eigenvalue weighted by Crippen LogP contribution is -2.08.